The smallest absolute Gasteiger partial charge is 0.471 e. The predicted molar refractivity (Wildman–Crippen MR) is 105 cm³/mol. The molecule has 0 bridgehead atoms. The summed E-state index contributed by atoms with van der Waals surface area (Å²) in [6, 6.07) is 12.5. The first-order chi connectivity index (χ1) is 14.2. The van der Waals surface area contributed by atoms with E-state index in [0.29, 0.717) is 11.4 Å². The maximum Gasteiger partial charge on any atom is 0.471 e. The number of alkyl halides is 3. The number of rotatable bonds is 6. The van der Waals surface area contributed by atoms with Gasteiger partial charge in [0.25, 0.3) is 5.91 Å². The van der Waals surface area contributed by atoms with Gasteiger partial charge in [0.05, 0.1) is 7.11 Å². The van der Waals surface area contributed by atoms with Crippen LogP contribution in [0.4, 0.5) is 24.0 Å². The van der Waals surface area contributed by atoms with Crippen molar-refractivity contribution in [2.45, 2.75) is 12.6 Å². The third-order valence-electron chi connectivity index (χ3n) is 3.86. The van der Waals surface area contributed by atoms with Crippen LogP contribution in [-0.4, -0.2) is 35.3 Å². The lowest BCUT2D eigenvalue weighted by Gasteiger charge is -2.08. The fourth-order valence-electron chi connectivity index (χ4n) is 2.37. The summed E-state index contributed by atoms with van der Waals surface area (Å²) in [6.07, 6.45) is -4.46. The molecule has 0 atom stereocenters. The number of methoxy groups -OCH3 is 1. The first-order valence-corrected chi connectivity index (χ1v) is 9.31. The fraction of sp³-hybridized carbons (Fsp3) is 0.158. The number of anilines is 2. The monoisotopic (exact) mass is 436 g/mol. The Morgan fingerprint density at radius 2 is 1.67 bits per heavy atom. The molecule has 0 saturated carbocycles. The summed E-state index contributed by atoms with van der Waals surface area (Å²) in [5.74, 6) is -1.85. The van der Waals surface area contributed by atoms with E-state index in [1.54, 1.807) is 12.4 Å². The Morgan fingerprint density at radius 3 is 2.27 bits per heavy atom. The third-order valence-corrected chi connectivity index (χ3v) is 4.70. The van der Waals surface area contributed by atoms with E-state index in [-0.39, 0.29) is 16.4 Å². The van der Waals surface area contributed by atoms with E-state index in [1.165, 1.54) is 35.6 Å². The average molecular weight is 436 g/mol. The molecular weight excluding hydrogens is 421 g/mol. The highest BCUT2D eigenvalue weighted by Crippen LogP contribution is 2.22. The van der Waals surface area contributed by atoms with Crippen molar-refractivity contribution in [2.75, 3.05) is 17.7 Å². The summed E-state index contributed by atoms with van der Waals surface area (Å²) in [5, 5.41) is 13.2. The largest absolute Gasteiger partial charge is 0.497 e. The Kier molecular flexibility index (Phi) is 6.31. The normalized spacial score (nSPS) is 11.1. The van der Waals surface area contributed by atoms with E-state index < -0.39 is 18.0 Å². The van der Waals surface area contributed by atoms with Crippen molar-refractivity contribution in [1.29, 1.82) is 0 Å². The van der Waals surface area contributed by atoms with Crippen molar-refractivity contribution in [3.63, 3.8) is 0 Å². The summed E-state index contributed by atoms with van der Waals surface area (Å²) < 4.78 is 41.9. The van der Waals surface area contributed by atoms with Gasteiger partial charge in [0, 0.05) is 17.7 Å². The Hall–Kier alpha value is -3.47. The lowest BCUT2D eigenvalue weighted by atomic mass is 10.1. The van der Waals surface area contributed by atoms with E-state index >= 15 is 0 Å². The van der Waals surface area contributed by atoms with E-state index in [9.17, 15) is 22.8 Å². The molecule has 0 unspecified atom stereocenters. The number of ether oxygens (including phenoxy) is 1. The Bertz CT molecular complexity index is 1030. The molecule has 3 rings (SSSR count). The number of halogens is 3. The molecule has 0 aliphatic carbocycles. The van der Waals surface area contributed by atoms with Crippen LogP contribution in [0.25, 0.3) is 0 Å². The lowest BCUT2D eigenvalue weighted by Crippen LogP contribution is -2.29. The molecule has 3 aromatic rings. The van der Waals surface area contributed by atoms with Gasteiger partial charge in [0.2, 0.25) is 5.13 Å². The van der Waals surface area contributed by atoms with Crippen molar-refractivity contribution in [1.82, 2.24) is 10.2 Å². The Balaban J connectivity index is 1.58. The minimum Gasteiger partial charge on any atom is -0.497 e. The minimum absolute atomic E-state index is 0.0773. The molecule has 2 aromatic carbocycles. The molecule has 2 N–H and O–H groups in total. The number of nitrogens with one attached hydrogen (secondary N) is 2. The second kappa shape index (κ2) is 8.91. The van der Waals surface area contributed by atoms with Crippen LogP contribution in [0, 0.1) is 0 Å². The molecule has 1 aromatic heterocycles. The Morgan fingerprint density at radius 1 is 1.00 bits per heavy atom. The number of amides is 2. The van der Waals surface area contributed by atoms with Crippen LogP contribution in [0.15, 0.2) is 48.5 Å². The molecule has 1 heterocycles. The summed E-state index contributed by atoms with van der Waals surface area (Å²) >= 11 is 1.21. The number of benzene rings is 2. The van der Waals surface area contributed by atoms with Crippen molar-refractivity contribution < 1.29 is 27.5 Å². The van der Waals surface area contributed by atoms with E-state index in [4.69, 9.17) is 4.74 Å². The van der Waals surface area contributed by atoms with Crippen molar-refractivity contribution in [2.24, 2.45) is 0 Å². The second-order valence-electron chi connectivity index (χ2n) is 6.01. The number of nitrogens with zero attached hydrogens (tertiary/aromatic N) is 2. The van der Waals surface area contributed by atoms with Crippen LogP contribution in [0.5, 0.6) is 5.75 Å². The minimum atomic E-state index is -4.99. The number of aromatic nitrogens is 2. The van der Waals surface area contributed by atoms with Crippen LogP contribution in [0.2, 0.25) is 0 Å². The van der Waals surface area contributed by atoms with Gasteiger partial charge in [0.1, 0.15) is 10.8 Å². The standard InChI is InChI=1S/C19H15F3N4O3S/c1-29-14-8-2-11(3-9-14)10-15-25-26-18(30-15)24-16(27)12-4-6-13(7-5-12)23-17(28)19(20,21)22/h2-9H,10H2,1H3,(H,23,28)(H,24,26,27). The summed E-state index contributed by atoms with van der Waals surface area (Å²) in [6.45, 7) is 0. The zero-order valence-corrected chi connectivity index (χ0v) is 16.3. The maximum absolute atomic E-state index is 12.3. The molecule has 11 heteroatoms. The SMILES string of the molecule is COc1ccc(Cc2nnc(NC(=O)c3ccc(NC(=O)C(F)(F)F)cc3)s2)cc1. The van der Waals surface area contributed by atoms with Crippen molar-refractivity contribution in [3.8, 4) is 5.75 Å². The first kappa shape index (κ1) is 21.2. The summed E-state index contributed by atoms with van der Waals surface area (Å²) in [5.41, 5.74) is 1.11. The third kappa shape index (κ3) is 5.54. The number of carbonyl (C=O) groups excluding carboxylic acids is 2. The van der Waals surface area contributed by atoms with Crippen molar-refractivity contribution >= 4 is 34.0 Å². The molecule has 0 radical (unpaired) electrons. The zero-order valence-electron chi connectivity index (χ0n) is 15.5. The van der Waals surface area contributed by atoms with Crippen molar-refractivity contribution in [3.05, 3.63) is 64.7 Å². The van der Waals surface area contributed by atoms with E-state index in [2.05, 4.69) is 15.5 Å². The van der Waals surface area contributed by atoms with Crippen LogP contribution >= 0.6 is 11.3 Å². The molecule has 2 amide bonds. The quantitative estimate of drug-likeness (QED) is 0.612. The average Bonchev–Trinajstić information content (AvgIpc) is 3.15. The summed E-state index contributed by atoms with van der Waals surface area (Å²) in [4.78, 5) is 23.2. The summed E-state index contributed by atoms with van der Waals surface area (Å²) in [7, 11) is 1.58. The Labute approximate surface area is 172 Å². The molecule has 0 aliphatic heterocycles. The van der Waals surface area contributed by atoms with Crippen LogP contribution in [-0.2, 0) is 11.2 Å². The van der Waals surface area contributed by atoms with Gasteiger partial charge in [-0.05, 0) is 42.0 Å². The molecular formula is C19H15F3N4O3S. The topological polar surface area (TPSA) is 93.2 Å². The fourth-order valence-corrected chi connectivity index (χ4v) is 3.14. The predicted octanol–water partition coefficient (Wildman–Crippen LogP) is 3.89. The van der Waals surface area contributed by atoms with Gasteiger partial charge in [-0.25, -0.2) is 0 Å². The lowest BCUT2D eigenvalue weighted by molar-refractivity contribution is -0.167. The highest BCUT2D eigenvalue weighted by Gasteiger charge is 2.38. The van der Waals surface area contributed by atoms with Gasteiger partial charge in [-0.15, -0.1) is 10.2 Å². The molecule has 7 nitrogen and oxygen atoms in total. The molecule has 0 saturated heterocycles. The van der Waals surface area contributed by atoms with Crippen LogP contribution in [0.3, 0.4) is 0 Å². The second-order valence-corrected chi connectivity index (χ2v) is 7.07. The van der Waals surface area contributed by atoms with Gasteiger partial charge in [-0.1, -0.05) is 23.5 Å². The number of hydrogen-bond acceptors (Lipinski definition) is 6. The van der Waals surface area contributed by atoms with E-state index in [1.807, 2.05) is 24.3 Å². The highest BCUT2D eigenvalue weighted by molar-refractivity contribution is 7.15. The van der Waals surface area contributed by atoms with Crippen LogP contribution in [0.1, 0.15) is 20.9 Å². The van der Waals surface area contributed by atoms with Gasteiger partial charge >= 0.3 is 12.1 Å². The van der Waals surface area contributed by atoms with Gasteiger partial charge in [0.15, 0.2) is 0 Å². The molecule has 0 spiro atoms. The molecule has 156 valence electrons. The number of hydrogen-bond donors (Lipinski definition) is 2. The van der Waals surface area contributed by atoms with Crippen LogP contribution < -0.4 is 15.4 Å². The number of carbonyl (C=O) groups is 2. The van der Waals surface area contributed by atoms with Gasteiger partial charge < -0.3 is 10.1 Å². The van der Waals surface area contributed by atoms with Gasteiger partial charge in [-0.3, -0.25) is 14.9 Å². The molecule has 0 fully saturated rings. The molecule has 30 heavy (non-hydrogen) atoms. The first-order valence-electron chi connectivity index (χ1n) is 8.49. The molecule has 0 aliphatic rings. The van der Waals surface area contributed by atoms with E-state index in [0.717, 1.165) is 11.3 Å². The maximum atomic E-state index is 12.3. The highest BCUT2D eigenvalue weighted by atomic mass is 32.1. The zero-order chi connectivity index (χ0) is 21.7. The van der Waals surface area contributed by atoms with Gasteiger partial charge in [-0.2, -0.15) is 13.2 Å².